The number of aryl methyl sites for hydroxylation is 1. The zero-order valence-electron chi connectivity index (χ0n) is 19.4. The number of piperidine rings is 1. The Kier molecular flexibility index (Phi) is 5.14. The van der Waals surface area contributed by atoms with Crippen LogP contribution in [-0.4, -0.2) is 54.7 Å². The maximum atomic E-state index is 13.7. The fourth-order valence-electron chi connectivity index (χ4n) is 4.94. The van der Waals surface area contributed by atoms with Gasteiger partial charge in [-0.15, -0.1) is 0 Å². The van der Waals surface area contributed by atoms with Crippen molar-refractivity contribution in [3.8, 4) is 5.69 Å². The molecule has 0 bridgehead atoms. The number of aromatic nitrogens is 5. The van der Waals surface area contributed by atoms with E-state index in [0.717, 1.165) is 52.0 Å². The third kappa shape index (κ3) is 3.97. The minimum atomic E-state index is -0.749. The summed E-state index contributed by atoms with van der Waals surface area (Å²) in [5.41, 5.74) is 11.6. The first-order chi connectivity index (χ1) is 16.9. The molecular formula is C26H26FN7O. The van der Waals surface area contributed by atoms with Crippen LogP contribution in [0.3, 0.4) is 0 Å². The van der Waals surface area contributed by atoms with Gasteiger partial charge in [-0.05, 0) is 68.3 Å². The molecular weight excluding hydrogens is 445 g/mol. The second-order valence-electron chi connectivity index (χ2n) is 9.29. The van der Waals surface area contributed by atoms with E-state index in [9.17, 15) is 9.18 Å². The molecule has 0 amide bonds. The van der Waals surface area contributed by atoms with Crippen molar-refractivity contribution in [3.05, 3.63) is 71.3 Å². The van der Waals surface area contributed by atoms with Crippen molar-refractivity contribution >= 4 is 33.5 Å². The molecule has 1 aliphatic heterocycles. The van der Waals surface area contributed by atoms with E-state index in [4.69, 9.17) is 5.73 Å². The van der Waals surface area contributed by atoms with Crippen LogP contribution < -0.4 is 5.73 Å². The van der Waals surface area contributed by atoms with Crippen LogP contribution in [0, 0.1) is 6.92 Å². The van der Waals surface area contributed by atoms with Gasteiger partial charge in [-0.2, -0.15) is 5.10 Å². The lowest BCUT2D eigenvalue weighted by Crippen LogP contribution is -2.35. The van der Waals surface area contributed by atoms with Gasteiger partial charge in [-0.3, -0.25) is 9.69 Å². The number of aromatic amines is 2. The van der Waals surface area contributed by atoms with Gasteiger partial charge in [0.05, 0.1) is 34.2 Å². The maximum absolute atomic E-state index is 13.7. The SMILES string of the molecule is Cc1nc2ccc(-n3ncc(C(=O)c4cc5cc(CN6CCCC(F)C6)ccc5[nH]4)c3N)cc2[nH]1. The second-order valence-corrected chi connectivity index (χ2v) is 9.29. The summed E-state index contributed by atoms with van der Waals surface area (Å²) < 4.78 is 15.3. The van der Waals surface area contributed by atoms with Crippen molar-refractivity contribution in [1.29, 1.82) is 0 Å². The van der Waals surface area contributed by atoms with Gasteiger partial charge in [-0.25, -0.2) is 14.1 Å². The van der Waals surface area contributed by atoms with Crippen molar-refractivity contribution in [1.82, 2.24) is 29.6 Å². The molecule has 1 fully saturated rings. The van der Waals surface area contributed by atoms with Crippen molar-refractivity contribution in [2.45, 2.75) is 32.5 Å². The van der Waals surface area contributed by atoms with Crippen LogP contribution in [0.1, 0.15) is 40.3 Å². The van der Waals surface area contributed by atoms with Crippen LogP contribution in [0.4, 0.5) is 10.2 Å². The van der Waals surface area contributed by atoms with Gasteiger partial charge in [0.1, 0.15) is 17.8 Å². The fraction of sp³-hybridized carbons (Fsp3) is 0.269. The zero-order chi connectivity index (χ0) is 24.1. The molecule has 4 N–H and O–H groups in total. The second kappa shape index (κ2) is 8.35. The number of nitrogens with zero attached hydrogens (tertiary/aromatic N) is 4. The number of likely N-dealkylation sites (tertiary alicyclic amines) is 1. The first-order valence-corrected chi connectivity index (χ1v) is 11.8. The molecule has 6 rings (SSSR count). The predicted molar refractivity (Wildman–Crippen MR) is 134 cm³/mol. The molecule has 3 aromatic heterocycles. The molecule has 0 aliphatic carbocycles. The largest absolute Gasteiger partial charge is 0.383 e. The Hall–Kier alpha value is -3.98. The van der Waals surface area contributed by atoms with Crippen molar-refractivity contribution < 1.29 is 9.18 Å². The van der Waals surface area contributed by atoms with E-state index in [0.29, 0.717) is 30.8 Å². The van der Waals surface area contributed by atoms with Crippen molar-refractivity contribution in [2.24, 2.45) is 0 Å². The van der Waals surface area contributed by atoms with E-state index >= 15 is 0 Å². The molecule has 0 saturated carbocycles. The van der Waals surface area contributed by atoms with Crippen LogP contribution >= 0.6 is 0 Å². The number of carbonyl (C=O) groups excluding carboxylic acids is 1. The summed E-state index contributed by atoms with van der Waals surface area (Å²) in [5, 5.41) is 5.31. The Balaban J connectivity index is 1.26. The summed E-state index contributed by atoms with van der Waals surface area (Å²) in [7, 11) is 0. The number of nitrogens with two attached hydrogens (primary N) is 1. The molecule has 1 unspecified atom stereocenters. The molecule has 2 aromatic carbocycles. The molecule has 35 heavy (non-hydrogen) atoms. The van der Waals surface area contributed by atoms with E-state index < -0.39 is 6.17 Å². The minimum absolute atomic E-state index is 0.221. The number of fused-ring (bicyclic) bond motifs is 2. The molecule has 0 radical (unpaired) electrons. The third-order valence-electron chi connectivity index (χ3n) is 6.66. The Morgan fingerprint density at radius 1 is 1.17 bits per heavy atom. The normalized spacial score (nSPS) is 16.9. The number of nitrogens with one attached hydrogen (secondary N) is 2. The molecule has 1 atom stereocenters. The van der Waals surface area contributed by atoms with Gasteiger partial charge >= 0.3 is 0 Å². The highest BCUT2D eigenvalue weighted by atomic mass is 19.1. The average Bonchev–Trinajstić information content (AvgIpc) is 3.53. The highest BCUT2D eigenvalue weighted by Crippen LogP contribution is 2.25. The summed E-state index contributed by atoms with van der Waals surface area (Å²) in [4.78, 5) is 26.3. The van der Waals surface area contributed by atoms with Gasteiger partial charge in [-0.1, -0.05) is 6.07 Å². The highest BCUT2D eigenvalue weighted by molar-refractivity contribution is 6.12. The predicted octanol–water partition coefficient (Wildman–Crippen LogP) is 4.29. The zero-order valence-corrected chi connectivity index (χ0v) is 19.4. The summed E-state index contributed by atoms with van der Waals surface area (Å²) >= 11 is 0. The minimum Gasteiger partial charge on any atom is -0.383 e. The molecule has 9 heteroatoms. The van der Waals surface area contributed by atoms with Crippen LogP contribution in [0.5, 0.6) is 0 Å². The standard InChI is InChI=1S/C26H26FN7O/c1-15-30-22-7-5-19(11-23(22)31-15)34-26(28)20(12-29-34)25(35)24-10-17-9-16(4-6-21(17)32-24)13-33-8-2-3-18(27)14-33/h4-7,9-12,18,32H,2-3,8,13-14,28H2,1H3,(H,30,31). The van der Waals surface area contributed by atoms with Crippen molar-refractivity contribution in [3.63, 3.8) is 0 Å². The van der Waals surface area contributed by atoms with E-state index in [1.807, 2.05) is 43.3 Å². The van der Waals surface area contributed by atoms with Gasteiger partial charge in [0.25, 0.3) is 0 Å². The van der Waals surface area contributed by atoms with Crippen LogP contribution in [0.25, 0.3) is 27.6 Å². The van der Waals surface area contributed by atoms with E-state index in [1.165, 1.54) is 6.20 Å². The number of rotatable bonds is 5. The Morgan fingerprint density at radius 2 is 2.06 bits per heavy atom. The molecule has 8 nitrogen and oxygen atoms in total. The van der Waals surface area contributed by atoms with E-state index in [1.54, 1.807) is 4.68 Å². The van der Waals surface area contributed by atoms with Gasteiger partial charge in [0.15, 0.2) is 0 Å². The molecule has 0 spiro atoms. The summed E-state index contributed by atoms with van der Waals surface area (Å²) in [6, 6.07) is 13.6. The Morgan fingerprint density at radius 3 is 2.91 bits per heavy atom. The number of anilines is 1. The van der Waals surface area contributed by atoms with Gasteiger partial charge < -0.3 is 15.7 Å². The number of hydrogen-bond acceptors (Lipinski definition) is 5. The lowest BCUT2D eigenvalue weighted by molar-refractivity contribution is 0.103. The first kappa shape index (κ1) is 21.5. The van der Waals surface area contributed by atoms with E-state index in [2.05, 4.69) is 31.0 Å². The molecule has 5 aromatic rings. The lowest BCUT2D eigenvalue weighted by atomic mass is 10.1. The number of nitrogen functional groups attached to an aromatic ring is 1. The number of hydrogen-bond donors (Lipinski definition) is 3. The summed E-state index contributed by atoms with van der Waals surface area (Å²) in [6.45, 7) is 3.98. The van der Waals surface area contributed by atoms with Crippen LogP contribution in [0.15, 0.2) is 48.7 Å². The topological polar surface area (TPSA) is 109 Å². The maximum Gasteiger partial charge on any atom is 0.214 e. The molecule has 178 valence electrons. The van der Waals surface area contributed by atoms with Crippen molar-refractivity contribution in [2.75, 3.05) is 18.8 Å². The number of benzene rings is 2. The lowest BCUT2D eigenvalue weighted by Gasteiger charge is -2.28. The molecule has 1 saturated heterocycles. The number of ketones is 1. The summed E-state index contributed by atoms with van der Waals surface area (Å²) in [5.74, 6) is 0.878. The number of imidazole rings is 1. The average molecular weight is 472 g/mol. The number of alkyl halides is 1. The quantitative estimate of drug-likeness (QED) is 0.332. The highest BCUT2D eigenvalue weighted by Gasteiger charge is 2.21. The van der Waals surface area contributed by atoms with Crippen LogP contribution in [-0.2, 0) is 6.54 Å². The molecule has 1 aliphatic rings. The third-order valence-corrected chi connectivity index (χ3v) is 6.66. The monoisotopic (exact) mass is 471 g/mol. The Labute approximate surface area is 200 Å². The first-order valence-electron chi connectivity index (χ1n) is 11.8. The number of carbonyl (C=O) groups is 1. The molecule has 4 heterocycles. The van der Waals surface area contributed by atoms with E-state index in [-0.39, 0.29) is 11.6 Å². The van der Waals surface area contributed by atoms with Gasteiger partial charge in [0.2, 0.25) is 5.78 Å². The Bertz CT molecular complexity index is 1560. The smallest absolute Gasteiger partial charge is 0.214 e. The van der Waals surface area contributed by atoms with Gasteiger partial charge in [0, 0.05) is 24.0 Å². The fourth-order valence-corrected chi connectivity index (χ4v) is 4.94. The number of H-pyrrole nitrogens is 2. The number of halogens is 1. The van der Waals surface area contributed by atoms with Crippen LogP contribution in [0.2, 0.25) is 0 Å². The summed E-state index contributed by atoms with van der Waals surface area (Å²) in [6.07, 6.45) is 2.29.